The van der Waals surface area contributed by atoms with Crippen LogP contribution in [-0.4, -0.2) is 31.2 Å². The Balaban J connectivity index is 1.35. The molecule has 6 nitrogen and oxygen atoms in total. The summed E-state index contributed by atoms with van der Waals surface area (Å²) >= 11 is 1.62. The summed E-state index contributed by atoms with van der Waals surface area (Å²) in [6, 6.07) is 4.81. The zero-order valence-corrected chi connectivity index (χ0v) is 14.4. The smallest absolute Gasteiger partial charge is 0.257 e. The summed E-state index contributed by atoms with van der Waals surface area (Å²) in [7, 11) is 0. The number of thiophene rings is 1. The van der Waals surface area contributed by atoms with Crippen molar-refractivity contribution in [1.82, 2.24) is 24.6 Å². The van der Waals surface area contributed by atoms with Crippen LogP contribution in [0.25, 0.3) is 10.8 Å². The van der Waals surface area contributed by atoms with Crippen LogP contribution in [0.1, 0.15) is 49.1 Å². The van der Waals surface area contributed by atoms with Crippen molar-refractivity contribution >= 4 is 11.3 Å². The first-order valence-corrected chi connectivity index (χ1v) is 9.33. The summed E-state index contributed by atoms with van der Waals surface area (Å²) < 4.78 is 8.29. The lowest BCUT2D eigenvalue weighted by atomic mass is 10.1. The molecule has 1 saturated carbocycles. The van der Waals surface area contributed by atoms with Gasteiger partial charge in [-0.1, -0.05) is 6.07 Å². The molecule has 0 saturated heterocycles. The van der Waals surface area contributed by atoms with E-state index in [1.165, 1.54) is 24.2 Å². The molecule has 1 aliphatic heterocycles. The maximum atomic E-state index is 5.91. The van der Waals surface area contributed by atoms with Crippen molar-refractivity contribution in [2.75, 3.05) is 6.54 Å². The molecule has 2 aliphatic rings. The van der Waals surface area contributed by atoms with Crippen molar-refractivity contribution in [3.05, 3.63) is 41.1 Å². The van der Waals surface area contributed by atoms with Gasteiger partial charge >= 0.3 is 0 Å². The SMILES string of the molecule is C[C@H](c1nnc(-c2cccs2)o1)N1CCc2c(ncn2C2CC2)C1. The second-order valence-electron chi connectivity index (χ2n) is 6.60. The number of imidazole rings is 1. The first-order valence-electron chi connectivity index (χ1n) is 8.45. The van der Waals surface area contributed by atoms with Crippen LogP contribution in [0.4, 0.5) is 0 Å². The number of fused-ring (bicyclic) bond motifs is 1. The van der Waals surface area contributed by atoms with Crippen LogP contribution in [0.2, 0.25) is 0 Å². The summed E-state index contributed by atoms with van der Waals surface area (Å²) in [4.78, 5) is 8.04. The molecule has 24 heavy (non-hydrogen) atoms. The Morgan fingerprint density at radius 3 is 3.04 bits per heavy atom. The zero-order valence-electron chi connectivity index (χ0n) is 13.6. The highest BCUT2D eigenvalue weighted by atomic mass is 32.1. The standard InChI is InChI=1S/C17H19N5OS/c1-11(16-19-20-17(23-16)15-3-2-8-24-15)21-7-6-14-13(9-21)18-10-22(14)12-4-5-12/h2-3,8,10-12H,4-7,9H2,1H3/t11-/m1/s1. The van der Waals surface area contributed by atoms with Crippen molar-refractivity contribution < 1.29 is 4.42 Å². The Labute approximate surface area is 144 Å². The summed E-state index contributed by atoms with van der Waals surface area (Å²) in [5.74, 6) is 1.30. The van der Waals surface area contributed by atoms with Crippen molar-refractivity contribution in [2.45, 2.75) is 44.8 Å². The fourth-order valence-corrected chi connectivity index (χ4v) is 4.05. The molecule has 0 radical (unpaired) electrons. The van der Waals surface area contributed by atoms with Crippen LogP contribution >= 0.6 is 11.3 Å². The van der Waals surface area contributed by atoms with E-state index in [1.54, 1.807) is 11.3 Å². The predicted molar refractivity (Wildman–Crippen MR) is 90.6 cm³/mol. The van der Waals surface area contributed by atoms with Crippen LogP contribution in [0.3, 0.4) is 0 Å². The van der Waals surface area contributed by atoms with Crippen molar-refractivity contribution in [3.63, 3.8) is 0 Å². The van der Waals surface area contributed by atoms with Gasteiger partial charge in [0.05, 0.1) is 22.9 Å². The van der Waals surface area contributed by atoms with Gasteiger partial charge in [-0.2, -0.15) is 0 Å². The van der Waals surface area contributed by atoms with Crippen LogP contribution in [-0.2, 0) is 13.0 Å². The van der Waals surface area contributed by atoms with Gasteiger partial charge in [0, 0.05) is 31.2 Å². The Morgan fingerprint density at radius 2 is 2.25 bits per heavy atom. The lowest BCUT2D eigenvalue weighted by Gasteiger charge is -2.30. The number of rotatable bonds is 4. The lowest BCUT2D eigenvalue weighted by Crippen LogP contribution is -2.33. The number of aromatic nitrogens is 4. The third kappa shape index (κ3) is 2.39. The summed E-state index contributed by atoms with van der Waals surface area (Å²) in [6.45, 7) is 3.99. The van der Waals surface area contributed by atoms with Gasteiger partial charge in [-0.25, -0.2) is 4.98 Å². The van der Waals surface area contributed by atoms with Gasteiger partial charge in [-0.05, 0) is 31.2 Å². The highest BCUT2D eigenvalue weighted by molar-refractivity contribution is 7.13. The van der Waals surface area contributed by atoms with E-state index < -0.39 is 0 Å². The third-order valence-corrected chi connectivity index (χ3v) is 5.85. The summed E-state index contributed by atoms with van der Waals surface area (Å²) in [6.07, 6.45) is 5.67. The minimum absolute atomic E-state index is 0.102. The van der Waals surface area contributed by atoms with Crippen molar-refractivity contribution in [2.24, 2.45) is 0 Å². The zero-order chi connectivity index (χ0) is 16.1. The molecule has 1 atom stereocenters. The largest absolute Gasteiger partial charge is 0.418 e. The van der Waals surface area contributed by atoms with Crippen LogP contribution < -0.4 is 0 Å². The Hall–Kier alpha value is -1.99. The van der Waals surface area contributed by atoms with Crippen LogP contribution in [0.15, 0.2) is 28.3 Å². The molecule has 0 unspecified atom stereocenters. The van der Waals surface area contributed by atoms with Crippen molar-refractivity contribution in [1.29, 1.82) is 0 Å². The molecule has 124 valence electrons. The molecule has 0 bridgehead atoms. The molecular weight excluding hydrogens is 322 g/mol. The molecule has 3 aromatic heterocycles. The molecule has 0 aromatic carbocycles. The first kappa shape index (κ1) is 14.4. The van der Waals surface area contributed by atoms with Crippen LogP contribution in [0.5, 0.6) is 0 Å². The lowest BCUT2D eigenvalue weighted by molar-refractivity contribution is 0.163. The molecule has 0 amide bonds. The Bertz CT molecular complexity index is 848. The van der Waals surface area contributed by atoms with E-state index in [9.17, 15) is 0 Å². The highest BCUT2D eigenvalue weighted by Gasteiger charge is 2.32. The normalized spacial score (nSPS) is 19.4. The van der Waals surface area contributed by atoms with E-state index in [1.807, 2.05) is 23.8 Å². The molecule has 0 N–H and O–H groups in total. The fourth-order valence-electron chi connectivity index (χ4n) is 3.41. The van der Waals surface area contributed by atoms with E-state index in [0.29, 0.717) is 17.8 Å². The average molecular weight is 341 g/mol. The van der Waals surface area contributed by atoms with Gasteiger partial charge < -0.3 is 8.98 Å². The average Bonchev–Trinajstić information content (AvgIpc) is 3.06. The third-order valence-electron chi connectivity index (χ3n) is 4.99. The predicted octanol–water partition coefficient (Wildman–Crippen LogP) is 3.45. The maximum absolute atomic E-state index is 5.91. The monoisotopic (exact) mass is 341 g/mol. The van der Waals surface area contributed by atoms with Crippen molar-refractivity contribution in [3.8, 4) is 10.8 Å². The Kier molecular flexibility index (Phi) is 3.31. The van der Waals surface area contributed by atoms with E-state index in [0.717, 1.165) is 24.4 Å². The number of hydrogen-bond acceptors (Lipinski definition) is 6. The molecule has 1 fully saturated rings. The van der Waals surface area contributed by atoms with Gasteiger partial charge in [0.25, 0.3) is 5.89 Å². The quantitative estimate of drug-likeness (QED) is 0.727. The Morgan fingerprint density at radius 1 is 1.33 bits per heavy atom. The molecular formula is C17H19N5OS. The molecule has 4 heterocycles. The number of hydrogen-bond donors (Lipinski definition) is 0. The van der Waals surface area contributed by atoms with Gasteiger partial charge in [0.15, 0.2) is 0 Å². The van der Waals surface area contributed by atoms with E-state index >= 15 is 0 Å². The molecule has 7 heteroatoms. The highest BCUT2D eigenvalue weighted by Crippen LogP contribution is 2.38. The van der Waals surface area contributed by atoms with Gasteiger partial charge in [-0.3, -0.25) is 4.90 Å². The van der Waals surface area contributed by atoms with Gasteiger partial charge in [0.1, 0.15) is 0 Å². The molecule has 0 spiro atoms. The second kappa shape index (κ2) is 5.53. The fraction of sp³-hybridized carbons (Fsp3) is 0.471. The maximum Gasteiger partial charge on any atom is 0.257 e. The van der Waals surface area contributed by atoms with Gasteiger partial charge in [-0.15, -0.1) is 21.5 Å². The minimum Gasteiger partial charge on any atom is -0.418 e. The molecule has 3 aromatic rings. The summed E-state index contributed by atoms with van der Waals surface area (Å²) in [5.41, 5.74) is 2.63. The first-order chi connectivity index (χ1) is 11.8. The van der Waals surface area contributed by atoms with Crippen LogP contribution in [0, 0.1) is 0 Å². The van der Waals surface area contributed by atoms with Gasteiger partial charge in [0.2, 0.25) is 5.89 Å². The summed E-state index contributed by atoms with van der Waals surface area (Å²) in [5, 5.41) is 10.5. The molecule has 1 aliphatic carbocycles. The number of nitrogens with zero attached hydrogens (tertiary/aromatic N) is 5. The molecule has 5 rings (SSSR count). The topological polar surface area (TPSA) is 60.0 Å². The van der Waals surface area contributed by atoms with E-state index in [-0.39, 0.29) is 6.04 Å². The van der Waals surface area contributed by atoms with E-state index in [4.69, 9.17) is 4.42 Å². The van der Waals surface area contributed by atoms with E-state index in [2.05, 4.69) is 31.6 Å². The minimum atomic E-state index is 0.102. The second-order valence-corrected chi connectivity index (χ2v) is 7.54.